The highest BCUT2D eigenvalue weighted by Crippen LogP contribution is 2.34. The highest BCUT2D eigenvalue weighted by atomic mass is 32.1. The van der Waals surface area contributed by atoms with E-state index in [9.17, 15) is 9.59 Å². The number of benzene rings is 1. The molecule has 0 radical (unpaired) electrons. The molecule has 2 N–H and O–H groups in total. The molecule has 4 aromatic rings. The van der Waals surface area contributed by atoms with Crippen LogP contribution >= 0.6 is 22.7 Å². The lowest BCUT2D eigenvalue weighted by molar-refractivity contribution is 0.262. The monoisotopic (exact) mass is 483 g/mol. The fourth-order valence-corrected chi connectivity index (χ4v) is 6.09. The molecule has 0 fully saturated rings. The quantitative estimate of drug-likeness (QED) is 0.405. The van der Waals surface area contributed by atoms with Crippen LogP contribution in [-0.4, -0.2) is 27.2 Å². The van der Waals surface area contributed by atoms with Gasteiger partial charge in [-0.05, 0) is 56.4 Å². The van der Waals surface area contributed by atoms with E-state index in [1.165, 1.54) is 22.7 Å². The molecule has 0 bridgehead atoms. The number of nitrogens with one attached hydrogen (secondary N) is 2. The van der Waals surface area contributed by atoms with Crippen LogP contribution in [0.3, 0.4) is 0 Å². The van der Waals surface area contributed by atoms with Crippen LogP contribution in [0.4, 0.5) is 14.9 Å². The van der Waals surface area contributed by atoms with Gasteiger partial charge in [0.25, 0.3) is 5.56 Å². The second-order valence-electron chi connectivity index (χ2n) is 8.31. The molecule has 4 heterocycles. The molecule has 172 valence electrons. The SMILES string of the molecule is CCOc1ccc2nc(NC(=O)Nc3sc4nc5n(c(=O)c4c3C)CC[C@H](C)CC5)sc2c1. The second-order valence-corrected chi connectivity index (χ2v) is 10.3. The first-order chi connectivity index (χ1) is 15.9. The average Bonchev–Trinajstić information content (AvgIpc) is 3.24. The maximum Gasteiger partial charge on any atom is 0.326 e. The first-order valence-corrected chi connectivity index (χ1v) is 12.7. The normalized spacial score (nSPS) is 15.9. The van der Waals surface area contributed by atoms with E-state index in [4.69, 9.17) is 9.72 Å². The third-order valence-corrected chi connectivity index (χ3v) is 7.99. The van der Waals surface area contributed by atoms with Gasteiger partial charge in [-0.3, -0.25) is 20.0 Å². The van der Waals surface area contributed by atoms with E-state index in [1.54, 1.807) is 0 Å². The van der Waals surface area contributed by atoms with Crippen LogP contribution in [0, 0.1) is 12.8 Å². The number of thiophene rings is 1. The zero-order valence-corrected chi connectivity index (χ0v) is 20.4. The fourth-order valence-electron chi connectivity index (χ4n) is 4.11. The van der Waals surface area contributed by atoms with Crippen molar-refractivity contribution in [2.75, 3.05) is 17.2 Å². The summed E-state index contributed by atoms with van der Waals surface area (Å²) in [6.07, 6.45) is 2.81. The number of carbonyl (C=O) groups excluding carboxylic acids is 1. The van der Waals surface area contributed by atoms with E-state index < -0.39 is 6.03 Å². The highest BCUT2D eigenvalue weighted by molar-refractivity contribution is 7.23. The van der Waals surface area contributed by atoms with Crippen molar-refractivity contribution in [3.05, 3.63) is 39.9 Å². The summed E-state index contributed by atoms with van der Waals surface area (Å²) >= 11 is 2.72. The molecule has 1 aromatic carbocycles. The third kappa shape index (κ3) is 4.20. The van der Waals surface area contributed by atoms with Crippen LogP contribution in [0.1, 0.15) is 38.1 Å². The minimum Gasteiger partial charge on any atom is -0.494 e. The van der Waals surface area contributed by atoms with Gasteiger partial charge in [0.05, 0.1) is 22.2 Å². The summed E-state index contributed by atoms with van der Waals surface area (Å²) in [4.78, 5) is 35.8. The summed E-state index contributed by atoms with van der Waals surface area (Å²) in [5.74, 6) is 2.20. The lowest BCUT2D eigenvalue weighted by Gasteiger charge is -2.08. The lowest BCUT2D eigenvalue weighted by Crippen LogP contribution is -2.24. The predicted octanol–water partition coefficient (Wildman–Crippen LogP) is 5.39. The number of hydrogen-bond acceptors (Lipinski definition) is 7. The van der Waals surface area contributed by atoms with Gasteiger partial charge in [-0.25, -0.2) is 14.8 Å². The first-order valence-electron chi connectivity index (χ1n) is 11.1. The van der Waals surface area contributed by atoms with Gasteiger partial charge in [0.2, 0.25) is 0 Å². The van der Waals surface area contributed by atoms with Crippen LogP contribution in [0.5, 0.6) is 5.75 Å². The summed E-state index contributed by atoms with van der Waals surface area (Å²) < 4.78 is 8.28. The van der Waals surface area contributed by atoms with Gasteiger partial charge < -0.3 is 4.74 Å². The van der Waals surface area contributed by atoms with Crippen molar-refractivity contribution >= 4 is 59.3 Å². The Morgan fingerprint density at radius 2 is 2.09 bits per heavy atom. The number of urea groups is 1. The molecule has 8 nitrogen and oxygen atoms in total. The number of aromatic nitrogens is 3. The predicted molar refractivity (Wildman–Crippen MR) is 134 cm³/mol. The largest absolute Gasteiger partial charge is 0.494 e. The standard InChI is InChI=1S/C23H25N5O3S2/c1-4-31-14-6-7-15-16(11-14)32-23(24-15)27-22(30)26-19-13(3)18-20(33-19)25-17-8-5-12(2)9-10-28(17)21(18)29/h6-7,11-12H,4-5,8-10H2,1-3H3,(H2,24,26,27,30)/t12-/m1/s1. The molecule has 0 spiro atoms. The zero-order valence-electron chi connectivity index (χ0n) is 18.7. The first kappa shape index (κ1) is 21.8. The number of anilines is 2. The smallest absolute Gasteiger partial charge is 0.326 e. The van der Waals surface area contributed by atoms with E-state index >= 15 is 0 Å². The third-order valence-electron chi connectivity index (χ3n) is 5.95. The van der Waals surface area contributed by atoms with Crippen LogP contribution in [0.2, 0.25) is 0 Å². The van der Waals surface area contributed by atoms with Crippen molar-refractivity contribution in [3.8, 4) is 5.75 Å². The van der Waals surface area contributed by atoms with E-state index in [-0.39, 0.29) is 5.56 Å². The number of amides is 2. The van der Waals surface area contributed by atoms with Gasteiger partial charge in [0, 0.05) is 13.0 Å². The van der Waals surface area contributed by atoms with Gasteiger partial charge in [0.1, 0.15) is 21.4 Å². The van der Waals surface area contributed by atoms with Gasteiger partial charge in [-0.1, -0.05) is 29.6 Å². The fraction of sp³-hybridized carbons (Fsp3) is 0.391. The number of fused-ring (bicyclic) bond motifs is 3. The minimum atomic E-state index is -0.399. The Kier molecular flexibility index (Phi) is 5.79. The number of nitrogens with zero attached hydrogens (tertiary/aromatic N) is 3. The number of rotatable bonds is 4. The molecule has 0 saturated heterocycles. The molecule has 1 atom stereocenters. The Hall–Kier alpha value is -2.98. The van der Waals surface area contributed by atoms with Crippen molar-refractivity contribution in [1.29, 1.82) is 0 Å². The maximum atomic E-state index is 13.2. The molecule has 0 aliphatic carbocycles. The van der Waals surface area contributed by atoms with E-state index in [1.807, 2.05) is 36.6 Å². The molecule has 3 aromatic heterocycles. The maximum absolute atomic E-state index is 13.2. The number of aryl methyl sites for hydroxylation is 2. The Morgan fingerprint density at radius 3 is 2.91 bits per heavy atom. The van der Waals surface area contributed by atoms with Crippen molar-refractivity contribution < 1.29 is 9.53 Å². The Bertz CT molecular complexity index is 1420. The molecular formula is C23H25N5O3S2. The van der Waals surface area contributed by atoms with Crippen molar-refractivity contribution in [2.24, 2.45) is 5.92 Å². The summed E-state index contributed by atoms with van der Waals surface area (Å²) in [7, 11) is 0. The summed E-state index contributed by atoms with van der Waals surface area (Å²) in [5, 5.41) is 7.40. The average molecular weight is 484 g/mol. The van der Waals surface area contributed by atoms with Crippen LogP contribution in [-0.2, 0) is 13.0 Å². The van der Waals surface area contributed by atoms with E-state index in [0.717, 1.165) is 46.6 Å². The van der Waals surface area contributed by atoms with Crippen LogP contribution < -0.4 is 20.9 Å². The number of carbonyl (C=O) groups is 1. The summed E-state index contributed by atoms with van der Waals surface area (Å²) in [6, 6.07) is 5.26. The van der Waals surface area contributed by atoms with E-state index in [0.29, 0.717) is 39.4 Å². The van der Waals surface area contributed by atoms with Crippen molar-refractivity contribution in [1.82, 2.24) is 14.5 Å². The second kappa shape index (κ2) is 8.75. The minimum absolute atomic E-state index is 0.0115. The van der Waals surface area contributed by atoms with Gasteiger partial charge in [-0.2, -0.15) is 0 Å². The molecule has 1 aliphatic heterocycles. The Balaban J connectivity index is 1.38. The molecule has 1 aliphatic rings. The van der Waals surface area contributed by atoms with Crippen molar-refractivity contribution in [3.63, 3.8) is 0 Å². The van der Waals surface area contributed by atoms with Gasteiger partial charge in [0.15, 0.2) is 5.13 Å². The molecule has 5 rings (SSSR count). The highest BCUT2D eigenvalue weighted by Gasteiger charge is 2.21. The van der Waals surface area contributed by atoms with Crippen LogP contribution in [0.15, 0.2) is 23.0 Å². The van der Waals surface area contributed by atoms with Gasteiger partial charge >= 0.3 is 6.03 Å². The molecular weight excluding hydrogens is 458 g/mol. The van der Waals surface area contributed by atoms with Gasteiger partial charge in [-0.15, -0.1) is 0 Å². The summed E-state index contributed by atoms with van der Waals surface area (Å²) in [6.45, 7) is 7.29. The number of thiazole rings is 1. The van der Waals surface area contributed by atoms with Crippen molar-refractivity contribution in [2.45, 2.75) is 46.6 Å². The topological polar surface area (TPSA) is 98.1 Å². The Morgan fingerprint density at radius 1 is 1.24 bits per heavy atom. The lowest BCUT2D eigenvalue weighted by atomic mass is 10.0. The molecule has 0 saturated carbocycles. The molecule has 33 heavy (non-hydrogen) atoms. The number of ether oxygens (including phenoxy) is 1. The molecule has 2 amide bonds. The number of hydrogen-bond donors (Lipinski definition) is 2. The Labute approximate surface area is 198 Å². The van der Waals surface area contributed by atoms with E-state index in [2.05, 4.69) is 22.5 Å². The summed E-state index contributed by atoms with van der Waals surface area (Å²) in [5.41, 5.74) is 1.54. The zero-order chi connectivity index (χ0) is 23.1. The molecule has 10 heteroatoms. The van der Waals surface area contributed by atoms with Crippen LogP contribution in [0.25, 0.3) is 20.4 Å². The molecule has 0 unspecified atom stereocenters.